The number of rotatable bonds is 3. The van der Waals surface area contributed by atoms with Crippen LogP contribution in [0.4, 0.5) is 0 Å². The van der Waals surface area contributed by atoms with Crippen LogP contribution in [0, 0.1) is 0 Å². The zero-order chi connectivity index (χ0) is 16.5. The highest BCUT2D eigenvalue weighted by Gasteiger charge is 2.15. The van der Waals surface area contributed by atoms with E-state index in [2.05, 4.69) is 15.1 Å². The third-order valence-electron chi connectivity index (χ3n) is 3.45. The average Bonchev–Trinajstić information content (AvgIpc) is 3.06. The maximum absolute atomic E-state index is 6.40. The fraction of sp³-hybridized carbons (Fsp3) is 0. The van der Waals surface area contributed by atoms with Crippen LogP contribution < -0.4 is 4.74 Å². The van der Waals surface area contributed by atoms with Crippen molar-refractivity contribution in [2.75, 3.05) is 0 Å². The van der Waals surface area contributed by atoms with Crippen molar-refractivity contribution in [3.63, 3.8) is 0 Å². The van der Waals surface area contributed by atoms with E-state index in [-0.39, 0.29) is 5.15 Å². The first-order chi connectivity index (χ1) is 11.7. The number of fused-ring (bicyclic) bond motifs is 1. The van der Waals surface area contributed by atoms with E-state index in [0.717, 1.165) is 11.3 Å². The van der Waals surface area contributed by atoms with Crippen LogP contribution in [0.25, 0.3) is 16.9 Å². The molecule has 2 aromatic carbocycles. The van der Waals surface area contributed by atoms with Gasteiger partial charge in [0.2, 0.25) is 0 Å². The van der Waals surface area contributed by atoms with Gasteiger partial charge in [-0.3, -0.25) is 0 Å². The van der Waals surface area contributed by atoms with Gasteiger partial charge in [0.1, 0.15) is 28.1 Å². The van der Waals surface area contributed by atoms with Gasteiger partial charge in [0.05, 0.1) is 5.56 Å². The van der Waals surface area contributed by atoms with E-state index >= 15 is 0 Å². The lowest BCUT2D eigenvalue weighted by Gasteiger charge is -2.09. The van der Waals surface area contributed by atoms with Crippen LogP contribution in [0.3, 0.4) is 0 Å². The fourth-order valence-electron chi connectivity index (χ4n) is 2.34. The van der Waals surface area contributed by atoms with Crippen LogP contribution in [0.5, 0.6) is 11.5 Å². The van der Waals surface area contributed by atoms with Crippen molar-refractivity contribution < 1.29 is 4.74 Å². The number of ether oxygens (including phenoxy) is 1. The molecule has 0 saturated carbocycles. The fourth-order valence-corrected chi connectivity index (χ4v) is 2.98. The van der Waals surface area contributed by atoms with Gasteiger partial charge < -0.3 is 4.74 Å². The number of hydrogen-bond donors (Lipinski definition) is 0. The molecule has 0 amide bonds. The quantitative estimate of drug-likeness (QED) is 0.490. The van der Waals surface area contributed by atoms with Crippen LogP contribution in [0.1, 0.15) is 0 Å². The number of hydrogen-bond acceptors (Lipinski definition) is 4. The van der Waals surface area contributed by atoms with Crippen molar-refractivity contribution in [3.05, 3.63) is 71.2 Å². The van der Waals surface area contributed by atoms with Crippen molar-refractivity contribution in [2.45, 2.75) is 0 Å². The highest BCUT2D eigenvalue weighted by molar-refractivity contribution is 6.38. The van der Waals surface area contributed by atoms with Crippen molar-refractivity contribution in [1.29, 1.82) is 0 Å². The Balaban J connectivity index is 1.70. The van der Waals surface area contributed by atoms with Gasteiger partial charge in [0.25, 0.3) is 5.78 Å². The van der Waals surface area contributed by atoms with Gasteiger partial charge in [-0.2, -0.15) is 19.6 Å². The second kappa shape index (κ2) is 6.11. The molecule has 4 aromatic rings. The summed E-state index contributed by atoms with van der Waals surface area (Å²) in [7, 11) is 0. The molecule has 5 nitrogen and oxygen atoms in total. The predicted octanol–water partition coefficient (Wildman–Crippen LogP) is 4.89. The zero-order valence-electron chi connectivity index (χ0n) is 12.2. The molecule has 7 heteroatoms. The molecule has 0 spiro atoms. The Morgan fingerprint density at radius 3 is 2.33 bits per heavy atom. The van der Waals surface area contributed by atoms with E-state index in [1.54, 1.807) is 0 Å². The Morgan fingerprint density at radius 2 is 1.58 bits per heavy atom. The molecule has 0 unspecified atom stereocenters. The molecule has 2 aromatic heterocycles. The van der Waals surface area contributed by atoms with Gasteiger partial charge in [0, 0.05) is 0 Å². The molecule has 24 heavy (non-hydrogen) atoms. The summed E-state index contributed by atoms with van der Waals surface area (Å²) in [5, 5.41) is 4.68. The predicted molar refractivity (Wildman–Crippen MR) is 92.8 cm³/mol. The summed E-state index contributed by atoms with van der Waals surface area (Å²) in [5.41, 5.74) is 1.41. The Kier molecular flexibility index (Phi) is 3.80. The highest BCUT2D eigenvalue weighted by Crippen LogP contribution is 2.34. The maximum atomic E-state index is 6.40. The average molecular weight is 357 g/mol. The molecule has 0 saturated heterocycles. The number of benzene rings is 2. The van der Waals surface area contributed by atoms with Gasteiger partial charge in [0.15, 0.2) is 0 Å². The van der Waals surface area contributed by atoms with E-state index in [0.29, 0.717) is 22.2 Å². The highest BCUT2D eigenvalue weighted by atomic mass is 35.5. The van der Waals surface area contributed by atoms with E-state index in [9.17, 15) is 0 Å². The van der Waals surface area contributed by atoms with Crippen LogP contribution in [0.2, 0.25) is 10.3 Å². The van der Waals surface area contributed by atoms with Crippen LogP contribution in [-0.2, 0) is 0 Å². The minimum absolute atomic E-state index is 0.275. The summed E-state index contributed by atoms with van der Waals surface area (Å²) in [5.74, 6) is 1.84. The molecule has 4 rings (SSSR count). The largest absolute Gasteiger partial charge is 0.457 e. The van der Waals surface area contributed by atoms with E-state index in [1.165, 1.54) is 10.8 Å². The molecule has 0 bridgehead atoms. The molecule has 0 fully saturated rings. The summed E-state index contributed by atoms with van der Waals surface area (Å²) < 4.78 is 7.22. The van der Waals surface area contributed by atoms with Crippen molar-refractivity contribution >= 4 is 29.0 Å². The molecular formula is C17H10Cl2N4O. The monoisotopic (exact) mass is 356 g/mol. The summed E-state index contributed by atoms with van der Waals surface area (Å²) >= 11 is 12.7. The van der Waals surface area contributed by atoms with Gasteiger partial charge >= 0.3 is 0 Å². The lowest BCUT2D eigenvalue weighted by atomic mass is 10.1. The minimum atomic E-state index is 0.275. The third-order valence-corrected chi connectivity index (χ3v) is 4.07. The minimum Gasteiger partial charge on any atom is -0.457 e. The molecule has 0 aliphatic carbocycles. The first-order valence-corrected chi connectivity index (χ1v) is 7.86. The number of aromatic nitrogens is 4. The van der Waals surface area contributed by atoms with Crippen LogP contribution in [-0.4, -0.2) is 19.6 Å². The Labute approximate surface area is 147 Å². The first-order valence-electron chi connectivity index (χ1n) is 7.10. The Bertz CT molecular complexity index is 1000. The van der Waals surface area contributed by atoms with Gasteiger partial charge in [-0.15, -0.1) is 0 Å². The summed E-state index contributed by atoms with van der Waals surface area (Å²) in [6.45, 7) is 0. The second-order valence-electron chi connectivity index (χ2n) is 4.98. The summed E-state index contributed by atoms with van der Waals surface area (Å²) in [6, 6.07) is 17.0. The van der Waals surface area contributed by atoms with E-state index in [4.69, 9.17) is 27.9 Å². The number of nitrogens with zero attached hydrogens (tertiary/aromatic N) is 4. The number of para-hydroxylation sites is 1. The maximum Gasteiger partial charge on any atom is 0.255 e. The molecule has 0 aliphatic rings. The first kappa shape index (κ1) is 14.9. The molecule has 2 heterocycles. The lowest BCUT2D eigenvalue weighted by Crippen LogP contribution is -1.97. The standard InChI is InChI=1S/C17H10Cl2N4O/c18-15-14(16(19)23-17(22-15)20-10-21-23)11-6-8-13(9-7-11)24-12-4-2-1-3-5-12/h1-10H. The van der Waals surface area contributed by atoms with Crippen molar-refractivity contribution in [2.24, 2.45) is 0 Å². The topological polar surface area (TPSA) is 52.3 Å². The SMILES string of the molecule is Clc1nc2ncnn2c(Cl)c1-c1ccc(Oc2ccccc2)cc1. The summed E-state index contributed by atoms with van der Waals surface area (Å²) in [4.78, 5) is 8.19. The van der Waals surface area contributed by atoms with Crippen LogP contribution in [0.15, 0.2) is 60.9 Å². The molecule has 0 N–H and O–H groups in total. The smallest absolute Gasteiger partial charge is 0.255 e. The molecule has 0 atom stereocenters. The van der Waals surface area contributed by atoms with Crippen molar-refractivity contribution in [1.82, 2.24) is 19.6 Å². The Morgan fingerprint density at radius 1 is 0.875 bits per heavy atom. The van der Waals surface area contributed by atoms with Gasteiger partial charge in [-0.25, -0.2) is 0 Å². The molecule has 0 aliphatic heterocycles. The van der Waals surface area contributed by atoms with Gasteiger partial charge in [-0.05, 0) is 29.8 Å². The summed E-state index contributed by atoms with van der Waals surface area (Å²) in [6.07, 6.45) is 1.38. The van der Waals surface area contributed by atoms with Crippen molar-refractivity contribution in [3.8, 4) is 22.6 Å². The second-order valence-corrected chi connectivity index (χ2v) is 5.70. The van der Waals surface area contributed by atoms with E-state index < -0.39 is 0 Å². The lowest BCUT2D eigenvalue weighted by molar-refractivity contribution is 0.483. The molecular weight excluding hydrogens is 347 g/mol. The normalized spacial score (nSPS) is 10.9. The van der Waals surface area contributed by atoms with Crippen LogP contribution >= 0.6 is 23.2 Å². The zero-order valence-corrected chi connectivity index (χ0v) is 13.7. The molecule has 118 valence electrons. The number of halogens is 2. The molecule has 0 radical (unpaired) electrons. The third kappa shape index (κ3) is 2.68. The van der Waals surface area contributed by atoms with Gasteiger partial charge in [-0.1, -0.05) is 53.5 Å². The van der Waals surface area contributed by atoms with E-state index in [1.807, 2.05) is 54.6 Å². The Hall–Kier alpha value is -2.63.